The number of thioether (sulfide) groups is 1. The zero-order valence-corrected chi connectivity index (χ0v) is 12.2. The second-order valence-electron chi connectivity index (χ2n) is 5.63. The molecule has 0 saturated heterocycles. The van der Waals surface area contributed by atoms with Crippen LogP contribution in [0.1, 0.15) is 52.0 Å². The van der Waals surface area contributed by atoms with Gasteiger partial charge in [-0.2, -0.15) is 0 Å². The topological polar surface area (TPSA) is 80.9 Å². The monoisotopic (exact) mass is 284 g/mol. The molecular formula is C12H20N4O2S. The SMILES string of the molecule is CC(C)(CCSc1nnnn1C1CCCC1)C(=O)O. The molecule has 0 spiro atoms. The summed E-state index contributed by atoms with van der Waals surface area (Å²) in [5.41, 5.74) is -0.696. The molecule has 0 aromatic carbocycles. The average Bonchev–Trinajstić information content (AvgIpc) is 2.97. The number of rotatable bonds is 6. The predicted molar refractivity (Wildman–Crippen MR) is 72.1 cm³/mol. The van der Waals surface area contributed by atoms with E-state index in [0.29, 0.717) is 18.2 Å². The predicted octanol–water partition coefficient (Wildman–Crippen LogP) is 2.38. The fourth-order valence-corrected chi connectivity index (χ4v) is 3.37. The minimum atomic E-state index is -0.761. The van der Waals surface area contributed by atoms with Crippen LogP contribution in [0.2, 0.25) is 0 Å². The van der Waals surface area contributed by atoms with Crippen LogP contribution in [0.5, 0.6) is 0 Å². The molecule has 2 rings (SSSR count). The maximum absolute atomic E-state index is 11.0. The Morgan fingerprint density at radius 2 is 2.16 bits per heavy atom. The van der Waals surface area contributed by atoms with Gasteiger partial charge in [0.2, 0.25) is 5.16 Å². The van der Waals surface area contributed by atoms with Gasteiger partial charge in [-0.1, -0.05) is 24.6 Å². The van der Waals surface area contributed by atoms with Crippen LogP contribution in [0.4, 0.5) is 0 Å². The fourth-order valence-electron chi connectivity index (χ4n) is 2.16. The zero-order valence-electron chi connectivity index (χ0n) is 11.4. The van der Waals surface area contributed by atoms with Gasteiger partial charge in [0.25, 0.3) is 0 Å². The van der Waals surface area contributed by atoms with Gasteiger partial charge in [0.1, 0.15) is 0 Å². The molecule has 0 radical (unpaired) electrons. The van der Waals surface area contributed by atoms with Crippen LogP contribution in [-0.2, 0) is 4.79 Å². The Hall–Kier alpha value is -1.11. The molecule has 1 aromatic heterocycles. The van der Waals surface area contributed by atoms with Crippen molar-refractivity contribution in [2.24, 2.45) is 5.41 Å². The lowest BCUT2D eigenvalue weighted by Crippen LogP contribution is -2.24. The molecule has 0 aliphatic heterocycles. The normalized spacial score (nSPS) is 16.9. The highest BCUT2D eigenvalue weighted by molar-refractivity contribution is 7.99. The van der Waals surface area contributed by atoms with E-state index in [2.05, 4.69) is 15.5 Å². The first-order valence-electron chi connectivity index (χ1n) is 6.65. The number of nitrogens with zero attached hydrogens (tertiary/aromatic N) is 4. The van der Waals surface area contributed by atoms with E-state index in [1.807, 2.05) is 4.68 Å². The van der Waals surface area contributed by atoms with Crippen LogP contribution < -0.4 is 0 Å². The third-order valence-corrected chi connectivity index (χ3v) is 4.61. The number of hydrogen-bond donors (Lipinski definition) is 1. The fraction of sp³-hybridized carbons (Fsp3) is 0.833. The zero-order chi connectivity index (χ0) is 13.9. The molecule has 0 unspecified atom stereocenters. The maximum atomic E-state index is 11.0. The summed E-state index contributed by atoms with van der Waals surface area (Å²) < 4.78 is 1.91. The summed E-state index contributed by atoms with van der Waals surface area (Å²) in [5.74, 6) is -0.0460. The maximum Gasteiger partial charge on any atom is 0.309 e. The molecule has 1 N–H and O–H groups in total. The first-order chi connectivity index (χ1) is 9.00. The van der Waals surface area contributed by atoms with E-state index < -0.39 is 11.4 Å². The van der Waals surface area contributed by atoms with Crippen molar-refractivity contribution in [3.63, 3.8) is 0 Å². The summed E-state index contributed by atoms with van der Waals surface area (Å²) in [4.78, 5) is 11.0. The van der Waals surface area contributed by atoms with Crippen molar-refractivity contribution in [1.29, 1.82) is 0 Å². The summed E-state index contributed by atoms with van der Waals surface area (Å²) >= 11 is 1.55. The molecule has 1 aromatic rings. The minimum absolute atomic E-state index is 0.421. The van der Waals surface area contributed by atoms with E-state index >= 15 is 0 Å². The smallest absolute Gasteiger partial charge is 0.309 e. The van der Waals surface area contributed by atoms with Gasteiger partial charge in [-0.15, -0.1) is 5.10 Å². The van der Waals surface area contributed by atoms with Crippen LogP contribution in [0.15, 0.2) is 5.16 Å². The Balaban J connectivity index is 1.90. The van der Waals surface area contributed by atoms with Crippen LogP contribution in [0.25, 0.3) is 0 Å². The Morgan fingerprint density at radius 1 is 1.47 bits per heavy atom. The largest absolute Gasteiger partial charge is 0.481 e. The van der Waals surface area contributed by atoms with Crippen molar-refractivity contribution >= 4 is 17.7 Å². The van der Waals surface area contributed by atoms with Crippen LogP contribution >= 0.6 is 11.8 Å². The van der Waals surface area contributed by atoms with Crippen LogP contribution in [-0.4, -0.2) is 37.0 Å². The Bertz CT molecular complexity index is 441. The Morgan fingerprint density at radius 3 is 2.79 bits per heavy atom. The third-order valence-electron chi connectivity index (χ3n) is 3.67. The molecule has 1 aliphatic rings. The summed E-state index contributed by atoms with van der Waals surface area (Å²) in [7, 11) is 0. The first-order valence-corrected chi connectivity index (χ1v) is 7.63. The molecule has 1 heterocycles. The first kappa shape index (κ1) is 14.3. The van der Waals surface area contributed by atoms with Gasteiger partial charge in [-0.3, -0.25) is 4.79 Å². The highest BCUT2D eigenvalue weighted by atomic mass is 32.2. The van der Waals surface area contributed by atoms with Gasteiger partial charge in [0.05, 0.1) is 11.5 Å². The second kappa shape index (κ2) is 5.90. The lowest BCUT2D eigenvalue weighted by Gasteiger charge is -2.18. The number of carboxylic acids is 1. The van der Waals surface area contributed by atoms with E-state index in [-0.39, 0.29) is 0 Å². The molecule has 0 atom stereocenters. The molecule has 106 valence electrons. The van der Waals surface area contributed by atoms with E-state index in [9.17, 15) is 4.79 Å². The number of aromatic nitrogens is 4. The minimum Gasteiger partial charge on any atom is -0.481 e. The number of carboxylic acid groups (broad SMARTS) is 1. The molecule has 1 fully saturated rings. The lowest BCUT2D eigenvalue weighted by molar-refractivity contribution is -0.146. The van der Waals surface area contributed by atoms with Gasteiger partial charge < -0.3 is 5.11 Å². The lowest BCUT2D eigenvalue weighted by atomic mass is 9.91. The van der Waals surface area contributed by atoms with Gasteiger partial charge in [-0.05, 0) is 43.5 Å². The van der Waals surface area contributed by atoms with Gasteiger partial charge in [0.15, 0.2) is 0 Å². The third kappa shape index (κ3) is 3.46. The number of carbonyl (C=O) groups is 1. The molecule has 0 amide bonds. The van der Waals surface area contributed by atoms with E-state index in [1.54, 1.807) is 25.6 Å². The molecule has 19 heavy (non-hydrogen) atoms. The number of aliphatic carboxylic acids is 1. The summed E-state index contributed by atoms with van der Waals surface area (Å²) in [6.07, 6.45) is 5.35. The molecule has 7 heteroatoms. The van der Waals surface area contributed by atoms with Crippen molar-refractivity contribution in [1.82, 2.24) is 20.2 Å². The summed E-state index contributed by atoms with van der Waals surface area (Å²) in [6.45, 7) is 3.49. The molecule has 6 nitrogen and oxygen atoms in total. The van der Waals surface area contributed by atoms with E-state index in [0.717, 1.165) is 18.0 Å². The van der Waals surface area contributed by atoms with E-state index in [4.69, 9.17) is 5.11 Å². The van der Waals surface area contributed by atoms with Crippen LogP contribution in [0.3, 0.4) is 0 Å². The van der Waals surface area contributed by atoms with Gasteiger partial charge in [-0.25, -0.2) is 4.68 Å². The van der Waals surface area contributed by atoms with Gasteiger partial charge >= 0.3 is 5.97 Å². The summed E-state index contributed by atoms with van der Waals surface area (Å²) in [6, 6.07) is 0.421. The quantitative estimate of drug-likeness (QED) is 0.808. The molecule has 0 bridgehead atoms. The van der Waals surface area contributed by atoms with Crippen molar-refractivity contribution in [3.8, 4) is 0 Å². The van der Waals surface area contributed by atoms with Crippen molar-refractivity contribution in [2.75, 3.05) is 5.75 Å². The van der Waals surface area contributed by atoms with Crippen molar-refractivity contribution < 1.29 is 9.90 Å². The Labute approximate surface area is 117 Å². The van der Waals surface area contributed by atoms with Crippen molar-refractivity contribution in [2.45, 2.75) is 57.1 Å². The van der Waals surface area contributed by atoms with Gasteiger partial charge in [0, 0.05) is 5.75 Å². The highest BCUT2D eigenvalue weighted by Crippen LogP contribution is 2.32. The summed E-state index contributed by atoms with van der Waals surface area (Å²) in [5, 5.41) is 21.7. The molecule has 1 aliphatic carbocycles. The van der Waals surface area contributed by atoms with Crippen molar-refractivity contribution in [3.05, 3.63) is 0 Å². The van der Waals surface area contributed by atoms with E-state index in [1.165, 1.54) is 12.8 Å². The van der Waals surface area contributed by atoms with Crippen LogP contribution in [0, 0.1) is 5.41 Å². The Kier molecular flexibility index (Phi) is 4.44. The number of hydrogen-bond acceptors (Lipinski definition) is 5. The average molecular weight is 284 g/mol. The molecular weight excluding hydrogens is 264 g/mol. The second-order valence-corrected chi connectivity index (χ2v) is 6.69. The molecule has 1 saturated carbocycles. The standard InChI is InChI=1S/C12H20N4O2S/c1-12(2,10(17)18)7-8-19-11-13-14-15-16(11)9-5-3-4-6-9/h9H,3-8H2,1-2H3,(H,17,18). The highest BCUT2D eigenvalue weighted by Gasteiger charge is 2.27. The number of tetrazole rings is 1.